The van der Waals surface area contributed by atoms with Crippen LogP contribution in [0.1, 0.15) is 0 Å². The van der Waals surface area contributed by atoms with Crippen molar-refractivity contribution >= 4 is 35.2 Å². The highest BCUT2D eigenvalue weighted by atomic mass is 35.5. The van der Waals surface area contributed by atoms with Gasteiger partial charge in [0.05, 0.1) is 0 Å². The molecule has 8 heavy (non-hydrogen) atoms. The molecular weight excluding hydrogens is 153 g/mol. The van der Waals surface area contributed by atoms with Gasteiger partial charge in [-0.1, -0.05) is 23.2 Å². The van der Waals surface area contributed by atoms with E-state index in [-0.39, 0.29) is 0 Å². The van der Waals surface area contributed by atoms with Crippen LogP contribution in [-0.4, -0.2) is 16.8 Å². The minimum atomic E-state index is -1.25. The van der Waals surface area contributed by atoms with E-state index in [1.807, 2.05) is 0 Å². The number of rotatable bonds is 1. The third-order valence-electron chi connectivity index (χ3n) is 0.343. The third kappa shape index (κ3) is 2.75. The first kappa shape index (κ1) is 7.63. The van der Waals surface area contributed by atoms with Gasteiger partial charge in [0.25, 0.3) is 5.91 Å². The Kier molecular flexibility index (Phi) is 3.44. The maximum atomic E-state index is 10.0. The first-order valence-electron chi connectivity index (χ1n) is 1.58. The number of isocyanates is 1. The highest BCUT2D eigenvalue weighted by molar-refractivity contribution is 6.53. The topological polar surface area (TPSA) is 46.5 Å². The van der Waals surface area contributed by atoms with Crippen LogP contribution in [0.15, 0.2) is 4.99 Å². The Labute approximate surface area is 55.3 Å². The number of hydrogen-bond donors (Lipinski definition) is 0. The molecule has 0 fully saturated rings. The Hall–Kier alpha value is -0.370. The lowest BCUT2D eigenvalue weighted by Gasteiger charge is -1.84. The van der Waals surface area contributed by atoms with Gasteiger partial charge >= 0.3 is 0 Å². The zero-order valence-corrected chi connectivity index (χ0v) is 5.11. The highest BCUT2D eigenvalue weighted by Crippen LogP contribution is 2.01. The molecule has 0 spiro atoms. The van der Waals surface area contributed by atoms with E-state index in [0.717, 1.165) is 6.08 Å². The zero-order chi connectivity index (χ0) is 6.57. The van der Waals surface area contributed by atoms with Crippen LogP contribution in [0.5, 0.6) is 0 Å². The molecule has 5 heteroatoms. The second kappa shape index (κ2) is 3.61. The largest absolute Gasteiger partial charge is 0.289 e. The molecule has 0 aromatic rings. The number of carbonyl (C=O) groups excluding carboxylic acids is 2. The van der Waals surface area contributed by atoms with Crippen LogP contribution in [0.25, 0.3) is 0 Å². The van der Waals surface area contributed by atoms with Crippen molar-refractivity contribution in [2.75, 3.05) is 0 Å². The molecule has 0 aromatic heterocycles. The van der Waals surface area contributed by atoms with Gasteiger partial charge in [-0.05, 0) is 0 Å². The van der Waals surface area contributed by atoms with E-state index in [1.165, 1.54) is 0 Å². The maximum Gasteiger partial charge on any atom is 0.289 e. The summed E-state index contributed by atoms with van der Waals surface area (Å²) in [5, 5.41) is 0. The van der Waals surface area contributed by atoms with Crippen molar-refractivity contribution < 1.29 is 9.59 Å². The van der Waals surface area contributed by atoms with Crippen molar-refractivity contribution in [3.63, 3.8) is 0 Å². The van der Waals surface area contributed by atoms with Crippen molar-refractivity contribution in [2.45, 2.75) is 4.84 Å². The molecule has 0 aromatic carbocycles. The second-order valence-electron chi connectivity index (χ2n) is 0.842. The van der Waals surface area contributed by atoms with Gasteiger partial charge in [-0.15, -0.1) is 4.99 Å². The third-order valence-corrected chi connectivity index (χ3v) is 0.716. The van der Waals surface area contributed by atoms with Gasteiger partial charge in [-0.3, -0.25) is 4.79 Å². The normalized spacial score (nSPS) is 8.38. The minimum Gasteiger partial charge on any atom is -0.269 e. The van der Waals surface area contributed by atoms with Crippen LogP contribution in [0.3, 0.4) is 0 Å². The molecule has 1 amide bonds. The van der Waals surface area contributed by atoms with E-state index in [2.05, 4.69) is 4.99 Å². The van der Waals surface area contributed by atoms with E-state index in [1.54, 1.807) is 0 Å². The van der Waals surface area contributed by atoms with E-state index < -0.39 is 10.7 Å². The average Bonchev–Trinajstić information content (AvgIpc) is 1.67. The molecule has 0 radical (unpaired) electrons. The fourth-order valence-electron chi connectivity index (χ4n) is 0.0938. The van der Waals surface area contributed by atoms with Gasteiger partial charge in [0.2, 0.25) is 6.08 Å². The van der Waals surface area contributed by atoms with Crippen molar-refractivity contribution in [2.24, 2.45) is 4.99 Å². The standard InChI is InChI=1S/C3HCl2NO2/c4-2(5)3(8)6-1-7/h2H. The molecule has 0 saturated carbocycles. The van der Waals surface area contributed by atoms with E-state index in [9.17, 15) is 9.59 Å². The summed E-state index contributed by atoms with van der Waals surface area (Å²) in [6.45, 7) is 0. The van der Waals surface area contributed by atoms with Gasteiger partial charge in [0.15, 0.2) is 4.84 Å². The Morgan fingerprint density at radius 1 is 1.62 bits per heavy atom. The Morgan fingerprint density at radius 3 is 2.25 bits per heavy atom. The Bertz CT molecular complexity index is 138. The van der Waals surface area contributed by atoms with E-state index in [0.29, 0.717) is 0 Å². The Balaban J connectivity index is 3.84. The van der Waals surface area contributed by atoms with Crippen molar-refractivity contribution in [1.82, 2.24) is 0 Å². The fraction of sp³-hybridized carbons (Fsp3) is 0.333. The van der Waals surface area contributed by atoms with Crippen LogP contribution in [0.4, 0.5) is 0 Å². The van der Waals surface area contributed by atoms with E-state index >= 15 is 0 Å². The van der Waals surface area contributed by atoms with Gasteiger partial charge in [-0.25, -0.2) is 4.79 Å². The maximum absolute atomic E-state index is 10.0. The summed E-state index contributed by atoms with van der Waals surface area (Å²) < 4.78 is 0. The first-order chi connectivity index (χ1) is 3.68. The molecule has 0 bridgehead atoms. The highest BCUT2D eigenvalue weighted by Gasteiger charge is 2.08. The summed E-state index contributed by atoms with van der Waals surface area (Å²) in [6.07, 6.45) is 1.01. The molecule has 0 rings (SSSR count). The van der Waals surface area contributed by atoms with Crippen molar-refractivity contribution in [1.29, 1.82) is 0 Å². The number of amides is 1. The lowest BCUT2D eigenvalue weighted by atomic mass is 10.7. The van der Waals surface area contributed by atoms with Crippen LogP contribution in [0, 0.1) is 0 Å². The number of hydrogen-bond acceptors (Lipinski definition) is 2. The molecule has 0 heterocycles. The zero-order valence-electron chi connectivity index (χ0n) is 3.60. The van der Waals surface area contributed by atoms with Crippen molar-refractivity contribution in [3.05, 3.63) is 0 Å². The Morgan fingerprint density at radius 2 is 2.12 bits per heavy atom. The van der Waals surface area contributed by atoms with E-state index in [4.69, 9.17) is 23.2 Å². The van der Waals surface area contributed by atoms with Crippen LogP contribution < -0.4 is 0 Å². The van der Waals surface area contributed by atoms with Gasteiger partial charge in [0, 0.05) is 0 Å². The first-order valence-corrected chi connectivity index (χ1v) is 2.45. The minimum absolute atomic E-state index is 0.886. The molecular formula is C3HCl2NO2. The second-order valence-corrected chi connectivity index (χ2v) is 1.94. The molecule has 44 valence electrons. The summed E-state index contributed by atoms with van der Waals surface area (Å²) in [6, 6.07) is 0. The SMILES string of the molecule is O=C=NC(=O)C(Cl)Cl. The monoisotopic (exact) mass is 153 g/mol. The van der Waals surface area contributed by atoms with Crippen LogP contribution >= 0.6 is 23.2 Å². The summed E-state index contributed by atoms with van der Waals surface area (Å²) in [5.74, 6) is -0.886. The average molecular weight is 154 g/mol. The van der Waals surface area contributed by atoms with Gasteiger partial charge in [-0.2, -0.15) is 0 Å². The van der Waals surface area contributed by atoms with Crippen LogP contribution in [-0.2, 0) is 9.59 Å². The molecule has 0 aliphatic heterocycles. The number of halogens is 2. The predicted molar refractivity (Wildman–Crippen MR) is 28.6 cm³/mol. The molecule has 0 aliphatic rings. The smallest absolute Gasteiger partial charge is 0.269 e. The summed E-state index contributed by atoms with van der Waals surface area (Å²) in [5.41, 5.74) is 0. The molecule has 0 atom stereocenters. The molecule has 0 N–H and O–H groups in total. The summed E-state index contributed by atoms with van der Waals surface area (Å²) in [7, 11) is 0. The summed E-state index contributed by atoms with van der Waals surface area (Å²) in [4.78, 5) is 20.7. The summed E-state index contributed by atoms with van der Waals surface area (Å²) >= 11 is 9.90. The lowest BCUT2D eigenvalue weighted by Crippen LogP contribution is -2.02. The lowest BCUT2D eigenvalue weighted by molar-refractivity contribution is -0.116. The molecule has 0 saturated heterocycles. The number of alkyl halides is 2. The number of aliphatic imine (C=N–C) groups is 1. The quantitative estimate of drug-likeness (QED) is 0.316. The predicted octanol–water partition coefficient (Wildman–Crippen LogP) is 0.652. The number of carbonyl (C=O) groups is 1. The van der Waals surface area contributed by atoms with Crippen LogP contribution in [0.2, 0.25) is 0 Å². The van der Waals surface area contributed by atoms with Gasteiger partial charge in [0.1, 0.15) is 0 Å². The van der Waals surface area contributed by atoms with Gasteiger partial charge < -0.3 is 0 Å². The molecule has 3 nitrogen and oxygen atoms in total. The molecule has 0 aliphatic carbocycles. The number of nitrogens with zero attached hydrogens (tertiary/aromatic N) is 1. The fourth-order valence-corrected chi connectivity index (χ4v) is 0.191. The molecule has 0 unspecified atom stereocenters. The van der Waals surface area contributed by atoms with Crippen molar-refractivity contribution in [3.8, 4) is 0 Å².